The molecule has 8 heteroatoms. The summed E-state index contributed by atoms with van der Waals surface area (Å²) in [6.07, 6.45) is 2.13. The number of amides is 2. The van der Waals surface area contributed by atoms with Crippen molar-refractivity contribution in [2.75, 3.05) is 32.7 Å². The van der Waals surface area contributed by atoms with E-state index in [0.29, 0.717) is 56.4 Å². The number of oxazole rings is 1. The third-order valence-electron chi connectivity index (χ3n) is 4.79. The van der Waals surface area contributed by atoms with Crippen molar-refractivity contribution in [3.8, 4) is 11.3 Å². The molecule has 1 aromatic heterocycles. The quantitative estimate of drug-likeness (QED) is 0.767. The first-order valence-electron chi connectivity index (χ1n) is 9.91. The van der Waals surface area contributed by atoms with Crippen molar-refractivity contribution in [3.05, 3.63) is 42.2 Å². The Balaban J connectivity index is 1.44. The van der Waals surface area contributed by atoms with Gasteiger partial charge >= 0.3 is 0 Å². The average Bonchev–Trinajstić information content (AvgIpc) is 3.15. The maximum atomic E-state index is 13.8. The summed E-state index contributed by atoms with van der Waals surface area (Å²) in [4.78, 5) is 32.3. The van der Waals surface area contributed by atoms with Crippen LogP contribution >= 0.6 is 0 Å². The lowest BCUT2D eigenvalue weighted by atomic mass is 10.2. The van der Waals surface area contributed by atoms with Crippen LogP contribution in [0.15, 0.2) is 34.9 Å². The minimum absolute atomic E-state index is 0.00864. The van der Waals surface area contributed by atoms with E-state index in [2.05, 4.69) is 15.2 Å². The number of aryl methyl sites for hydroxylation is 1. The van der Waals surface area contributed by atoms with Gasteiger partial charge in [0.2, 0.25) is 11.8 Å². The van der Waals surface area contributed by atoms with Crippen molar-refractivity contribution < 1.29 is 18.4 Å². The van der Waals surface area contributed by atoms with Crippen LogP contribution in [0.3, 0.4) is 0 Å². The van der Waals surface area contributed by atoms with Gasteiger partial charge in [-0.2, -0.15) is 0 Å². The normalized spacial score (nSPS) is 15.0. The van der Waals surface area contributed by atoms with Crippen molar-refractivity contribution in [1.82, 2.24) is 20.1 Å². The van der Waals surface area contributed by atoms with E-state index in [4.69, 9.17) is 4.42 Å². The maximum absolute atomic E-state index is 13.8. The van der Waals surface area contributed by atoms with E-state index in [1.54, 1.807) is 23.1 Å². The molecule has 2 amide bonds. The lowest BCUT2D eigenvalue weighted by Crippen LogP contribution is -2.51. The number of aromatic nitrogens is 1. The number of hydrogen-bond acceptors (Lipinski definition) is 5. The largest absolute Gasteiger partial charge is 0.441 e. The summed E-state index contributed by atoms with van der Waals surface area (Å²) in [5.41, 5.74) is 0.357. The fourth-order valence-corrected chi connectivity index (χ4v) is 3.31. The van der Waals surface area contributed by atoms with Crippen LogP contribution in [0.5, 0.6) is 0 Å². The highest BCUT2D eigenvalue weighted by Gasteiger charge is 2.23. The van der Waals surface area contributed by atoms with E-state index in [9.17, 15) is 14.0 Å². The molecule has 0 radical (unpaired) electrons. The predicted octanol–water partition coefficient (Wildman–Crippen LogP) is 2.08. The fraction of sp³-hybridized carbons (Fsp3) is 0.476. The number of carbonyl (C=O) groups excluding carboxylic acids is 2. The monoisotopic (exact) mass is 402 g/mol. The zero-order valence-corrected chi connectivity index (χ0v) is 16.9. The van der Waals surface area contributed by atoms with Crippen LogP contribution in [0.2, 0.25) is 0 Å². The first kappa shape index (κ1) is 21.0. The molecule has 1 aliphatic heterocycles. The number of halogens is 1. The zero-order chi connectivity index (χ0) is 20.8. The number of carbonyl (C=O) groups is 2. The van der Waals surface area contributed by atoms with E-state index in [0.717, 1.165) is 0 Å². The summed E-state index contributed by atoms with van der Waals surface area (Å²) in [6, 6.07) is 6.47. The molecule has 0 saturated carbocycles. The van der Waals surface area contributed by atoms with Gasteiger partial charge in [-0.25, -0.2) is 9.37 Å². The Kier molecular flexibility index (Phi) is 6.98. The molecule has 1 aromatic carbocycles. The van der Waals surface area contributed by atoms with E-state index in [-0.39, 0.29) is 30.1 Å². The van der Waals surface area contributed by atoms with Crippen molar-refractivity contribution in [3.63, 3.8) is 0 Å². The topological polar surface area (TPSA) is 78.7 Å². The van der Waals surface area contributed by atoms with Crippen LogP contribution in [0.1, 0.15) is 26.2 Å². The Hall–Kier alpha value is -2.74. The molecule has 29 heavy (non-hydrogen) atoms. The molecular weight excluding hydrogens is 375 g/mol. The number of nitrogens with one attached hydrogen (secondary N) is 1. The first-order valence-corrected chi connectivity index (χ1v) is 9.91. The van der Waals surface area contributed by atoms with Gasteiger partial charge in [0.1, 0.15) is 5.82 Å². The van der Waals surface area contributed by atoms with Crippen molar-refractivity contribution >= 4 is 11.8 Å². The molecule has 2 heterocycles. The molecule has 0 aliphatic carbocycles. The third kappa shape index (κ3) is 5.87. The Morgan fingerprint density at radius 1 is 1.21 bits per heavy atom. The van der Waals surface area contributed by atoms with Crippen molar-refractivity contribution in [2.24, 2.45) is 0 Å². The first-order chi connectivity index (χ1) is 13.9. The van der Waals surface area contributed by atoms with E-state index in [1.807, 2.05) is 13.8 Å². The number of piperazine rings is 1. The Labute approximate surface area is 169 Å². The minimum atomic E-state index is -0.369. The van der Waals surface area contributed by atoms with Crippen LogP contribution in [0.25, 0.3) is 11.3 Å². The fourth-order valence-electron chi connectivity index (χ4n) is 3.31. The molecule has 3 rings (SSSR count). The smallest absolute Gasteiger partial charge is 0.234 e. The molecule has 0 spiro atoms. The molecule has 1 fully saturated rings. The van der Waals surface area contributed by atoms with E-state index in [1.165, 1.54) is 12.3 Å². The number of rotatable bonds is 7. The highest BCUT2D eigenvalue weighted by molar-refractivity contribution is 5.78. The van der Waals surface area contributed by atoms with E-state index < -0.39 is 0 Å². The van der Waals surface area contributed by atoms with Gasteiger partial charge in [0.25, 0.3) is 0 Å². The molecule has 0 bridgehead atoms. The third-order valence-corrected chi connectivity index (χ3v) is 4.79. The second kappa shape index (κ2) is 9.65. The lowest BCUT2D eigenvalue weighted by Gasteiger charge is -2.34. The van der Waals surface area contributed by atoms with Gasteiger partial charge < -0.3 is 14.6 Å². The zero-order valence-electron chi connectivity index (χ0n) is 16.9. The van der Waals surface area contributed by atoms with Gasteiger partial charge in [-0.05, 0) is 26.0 Å². The van der Waals surface area contributed by atoms with Gasteiger partial charge in [0.05, 0.1) is 18.3 Å². The van der Waals surface area contributed by atoms with Crippen LogP contribution in [0, 0.1) is 5.82 Å². The molecule has 7 nitrogen and oxygen atoms in total. The molecule has 1 saturated heterocycles. The molecule has 1 aliphatic rings. The maximum Gasteiger partial charge on any atom is 0.234 e. The molecular formula is C21H27FN4O3. The van der Waals surface area contributed by atoms with Crippen LogP contribution in [-0.2, 0) is 16.0 Å². The highest BCUT2D eigenvalue weighted by atomic mass is 19.1. The standard InChI is InChI=1S/C21H27FN4O3/c1-15(2)24-19(27)14-25-9-11-26(12-10-25)21(28)8-7-20-23-13-18(29-20)16-5-3-4-6-17(16)22/h3-6,13,15H,7-12,14H2,1-2H3,(H,24,27). The molecule has 2 aromatic rings. The van der Waals surface area contributed by atoms with Gasteiger partial charge in [0.15, 0.2) is 11.7 Å². The highest BCUT2D eigenvalue weighted by Crippen LogP contribution is 2.23. The Bertz CT molecular complexity index is 844. The summed E-state index contributed by atoms with van der Waals surface area (Å²) < 4.78 is 19.4. The summed E-state index contributed by atoms with van der Waals surface area (Å²) in [6.45, 7) is 6.76. The molecule has 1 N–H and O–H groups in total. The van der Waals surface area contributed by atoms with Crippen molar-refractivity contribution in [1.29, 1.82) is 0 Å². The van der Waals surface area contributed by atoms with E-state index >= 15 is 0 Å². The number of nitrogens with zero attached hydrogens (tertiary/aromatic N) is 3. The summed E-state index contributed by atoms with van der Waals surface area (Å²) in [7, 11) is 0. The van der Waals surface area contributed by atoms with Gasteiger partial charge in [-0.1, -0.05) is 12.1 Å². The second-order valence-electron chi connectivity index (χ2n) is 7.48. The van der Waals surface area contributed by atoms with Gasteiger partial charge in [-0.3, -0.25) is 14.5 Å². The SMILES string of the molecule is CC(C)NC(=O)CN1CCN(C(=O)CCc2ncc(-c3ccccc3F)o2)CC1. The van der Waals surface area contributed by atoms with Gasteiger partial charge in [0, 0.05) is 45.1 Å². The summed E-state index contributed by atoms with van der Waals surface area (Å²) in [5.74, 6) is 0.446. The molecule has 156 valence electrons. The minimum Gasteiger partial charge on any atom is -0.441 e. The van der Waals surface area contributed by atoms with Crippen LogP contribution < -0.4 is 5.32 Å². The summed E-state index contributed by atoms with van der Waals surface area (Å²) in [5, 5.41) is 2.88. The second-order valence-corrected chi connectivity index (χ2v) is 7.48. The predicted molar refractivity (Wildman–Crippen MR) is 107 cm³/mol. The molecule has 0 unspecified atom stereocenters. The average molecular weight is 402 g/mol. The van der Waals surface area contributed by atoms with Crippen LogP contribution in [-0.4, -0.2) is 65.4 Å². The number of benzene rings is 1. The Morgan fingerprint density at radius 3 is 2.62 bits per heavy atom. The van der Waals surface area contributed by atoms with Gasteiger partial charge in [-0.15, -0.1) is 0 Å². The number of hydrogen-bond donors (Lipinski definition) is 1. The Morgan fingerprint density at radius 2 is 1.93 bits per heavy atom. The lowest BCUT2D eigenvalue weighted by molar-refractivity contribution is -0.133. The van der Waals surface area contributed by atoms with Crippen LogP contribution in [0.4, 0.5) is 4.39 Å². The molecule has 0 atom stereocenters. The van der Waals surface area contributed by atoms with Crippen molar-refractivity contribution in [2.45, 2.75) is 32.7 Å². The summed E-state index contributed by atoms with van der Waals surface area (Å²) >= 11 is 0.